The zero-order valence-corrected chi connectivity index (χ0v) is 11.2. The molecule has 2 aromatic rings. The van der Waals surface area contributed by atoms with Gasteiger partial charge in [0, 0.05) is 19.0 Å². The monoisotopic (exact) mass is 272 g/mol. The predicted molar refractivity (Wildman–Crippen MR) is 74.8 cm³/mol. The summed E-state index contributed by atoms with van der Waals surface area (Å²) in [6, 6.07) is 3.57. The zero-order chi connectivity index (χ0) is 14.2. The lowest BCUT2D eigenvalue weighted by Gasteiger charge is -1.98. The Balaban J connectivity index is 1.79. The van der Waals surface area contributed by atoms with Crippen LogP contribution in [0.4, 0.5) is 0 Å². The smallest absolute Gasteiger partial charge is 0.243 e. The van der Waals surface area contributed by atoms with Crippen molar-refractivity contribution in [1.82, 2.24) is 20.5 Å². The normalized spacial score (nSPS) is 11.4. The van der Waals surface area contributed by atoms with E-state index in [0.717, 1.165) is 0 Å². The molecular formula is C14H16N4O2. The summed E-state index contributed by atoms with van der Waals surface area (Å²) in [6.45, 7) is 2.38. The molecule has 0 aliphatic carbocycles. The van der Waals surface area contributed by atoms with Gasteiger partial charge in [0.15, 0.2) is 5.76 Å². The lowest BCUT2D eigenvalue weighted by Crippen LogP contribution is -2.23. The quantitative estimate of drug-likeness (QED) is 0.621. The van der Waals surface area contributed by atoms with Crippen molar-refractivity contribution >= 4 is 5.91 Å². The van der Waals surface area contributed by atoms with Crippen LogP contribution in [0.5, 0.6) is 0 Å². The van der Waals surface area contributed by atoms with Crippen molar-refractivity contribution in [2.24, 2.45) is 0 Å². The number of aromatic nitrogens is 3. The van der Waals surface area contributed by atoms with Gasteiger partial charge in [0.1, 0.15) is 5.82 Å². The molecule has 0 spiro atoms. The van der Waals surface area contributed by atoms with Gasteiger partial charge in [-0.2, -0.15) is 5.10 Å². The molecule has 0 atom stereocenters. The van der Waals surface area contributed by atoms with Gasteiger partial charge in [0.25, 0.3) is 0 Å². The Hall–Kier alpha value is -2.63. The Morgan fingerprint density at radius 2 is 2.40 bits per heavy atom. The number of H-pyrrole nitrogens is 1. The van der Waals surface area contributed by atoms with E-state index in [-0.39, 0.29) is 5.91 Å². The number of hydrogen-bond acceptors (Lipinski definition) is 4. The Kier molecular flexibility index (Phi) is 4.88. The van der Waals surface area contributed by atoms with E-state index in [9.17, 15) is 4.79 Å². The first-order chi connectivity index (χ1) is 9.79. The van der Waals surface area contributed by atoms with E-state index in [0.29, 0.717) is 30.4 Å². The minimum Gasteiger partial charge on any atom is -0.461 e. The van der Waals surface area contributed by atoms with Crippen LogP contribution in [0.1, 0.15) is 12.7 Å². The molecule has 6 heteroatoms. The number of nitrogens with zero attached hydrogens (tertiary/aromatic N) is 2. The fourth-order valence-corrected chi connectivity index (χ4v) is 1.54. The number of aromatic amines is 1. The molecule has 2 aromatic heterocycles. The summed E-state index contributed by atoms with van der Waals surface area (Å²) >= 11 is 0. The number of amides is 1. The van der Waals surface area contributed by atoms with Gasteiger partial charge in [-0.05, 0) is 19.1 Å². The van der Waals surface area contributed by atoms with E-state index in [4.69, 9.17) is 4.42 Å². The molecule has 6 nitrogen and oxygen atoms in total. The lowest BCUT2D eigenvalue weighted by atomic mass is 10.3. The Bertz CT molecular complexity index is 596. The fourth-order valence-electron chi connectivity index (χ4n) is 1.54. The second-order valence-electron chi connectivity index (χ2n) is 4.01. The molecule has 2 rings (SSSR count). The van der Waals surface area contributed by atoms with E-state index in [1.54, 1.807) is 30.5 Å². The van der Waals surface area contributed by atoms with Gasteiger partial charge in [-0.3, -0.25) is 9.89 Å². The molecule has 0 saturated heterocycles. The molecule has 0 aromatic carbocycles. The second kappa shape index (κ2) is 7.08. The summed E-state index contributed by atoms with van der Waals surface area (Å²) in [5, 5.41) is 9.63. The minimum absolute atomic E-state index is 0.131. The van der Waals surface area contributed by atoms with E-state index in [2.05, 4.69) is 20.5 Å². The van der Waals surface area contributed by atoms with E-state index in [1.807, 2.05) is 13.0 Å². The van der Waals surface area contributed by atoms with Gasteiger partial charge in [0.05, 0.1) is 6.26 Å². The summed E-state index contributed by atoms with van der Waals surface area (Å²) in [7, 11) is 0. The maximum absolute atomic E-state index is 11.4. The Morgan fingerprint density at radius 3 is 3.15 bits per heavy atom. The summed E-state index contributed by atoms with van der Waals surface area (Å²) in [4.78, 5) is 15.7. The standard InChI is InChI=1S/C14H16N4O2/c1-2-3-4-7-13(19)15-9-8-12-16-14(18-17-12)11-6-5-10-20-11/h2-7,10H,8-9H2,1H3,(H,15,19)(H,16,17,18)/b3-2+,7-4-. The number of carbonyl (C=O) groups excluding carboxylic acids is 1. The van der Waals surface area contributed by atoms with Crippen LogP contribution in [0, 0.1) is 0 Å². The fraction of sp³-hybridized carbons (Fsp3) is 0.214. The summed E-state index contributed by atoms with van der Waals surface area (Å²) in [6.07, 6.45) is 8.98. The first kappa shape index (κ1) is 13.8. The molecule has 0 fully saturated rings. The van der Waals surface area contributed by atoms with Crippen molar-refractivity contribution in [1.29, 1.82) is 0 Å². The molecule has 1 amide bonds. The molecule has 104 valence electrons. The van der Waals surface area contributed by atoms with Gasteiger partial charge in [-0.25, -0.2) is 4.98 Å². The molecule has 0 unspecified atom stereocenters. The van der Waals surface area contributed by atoms with Gasteiger partial charge < -0.3 is 9.73 Å². The highest BCUT2D eigenvalue weighted by Gasteiger charge is 2.07. The van der Waals surface area contributed by atoms with Crippen molar-refractivity contribution < 1.29 is 9.21 Å². The van der Waals surface area contributed by atoms with Gasteiger partial charge >= 0.3 is 0 Å². The average Bonchev–Trinajstić information content (AvgIpc) is 3.09. The minimum atomic E-state index is -0.131. The number of rotatable bonds is 6. The molecule has 0 aliphatic heterocycles. The molecule has 20 heavy (non-hydrogen) atoms. The molecule has 2 N–H and O–H groups in total. The molecular weight excluding hydrogens is 256 g/mol. The predicted octanol–water partition coefficient (Wildman–Crippen LogP) is 1.86. The zero-order valence-electron chi connectivity index (χ0n) is 11.2. The topological polar surface area (TPSA) is 83.8 Å². The SMILES string of the molecule is C/C=C/C=C\C(=O)NCCc1nc(-c2ccco2)n[nH]1. The van der Waals surface area contributed by atoms with Gasteiger partial charge in [-0.15, -0.1) is 0 Å². The molecule has 0 saturated carbocycles. The highest BCUT2D eigenvalue weighted by Crippen LogP contribution is 2.14. The number of carbonyl (C=O) groups is 1. The largest absolute Gasteiger partial charge is 0.461 e. The van der Waals surface area contributed by atoms with Crippen LogP contribution in [0.2, 0.25) is 0 Å². The summed E-state index contributed by atoms with van der Waals surface area (Å²) in [5.41, 5.74) is 0. The van der Waals surface area contributed by atoms with Crippen molar-refractivity contribution in [2.45, 2.75) is 13.3 Å². The Morgan fingerprint density at radius 1 is 1.50 bits per heavy atom. The maximum atomic E-state index is 11.4. The third kappa shape index (κ3) is 3.94. The summed E-state index contributed by atoms with van der Waals surface area (Å²) in [5.74, 6) is 1.71. The van der Waals surface area contributed by atoms with Crippen LogP contribution in [0.3, 0.4) is 0 Å². The Labute approximate surface area is 116 Å². The summed E-state index contributed by atoms with van der Waals surface area (Å²) < 4.78 is 5.20. The third-order valence-corrected chi connectivity index (χ3v) is 2.49. The first-order valence-electron chi connectivity index (χ1n) is 6.32. The molecule has 0 aliphatic rings. The van der Waals surface area contributed by atoms with Gasteiger partial charge in [-0.1, -0.05) is 18.2 Å². The van der Waals surface area contributed by atoms with Crippen LogP contribution < -0.4 is 5.32 Å². The number of nitrogens with one attached hydrogen (secondary N) is 2. The van der Waals surface area contributed by atoms with Crippen molar-refractivity contribution in [3.8, 4) is 11.6 Å². The number of allylic oxidation sites excluding steroid dienone is 3. The van der Waals surface area contributed by atoms with Crippen LogP contribution in [0.15, 0.2) is 47.1 Å². The number of hydrogen-bond donors (Lipinski definition) is 2. The highest BCUT2D eigenvalue weighted by molar-refractivity contribution is 5.87. The van der Waals surface area contributed by atoms with E-state index >= 15 is 0 Å². The number of furan rings is 1. The van der Waals surface area contributed by atoms with Crippen LogP contribution in [-0.4, -0.2) is 27.6 Å². The molecule has 2 heterocycles. The second-order valence-corrected chi connectivity index (χ2v) is 4.01. The first-order valence-corrected chi connectivity index (χ1v) is 6.32. The van der Waals surface area contributed by atoms with E-state index < -0.39 is 0 Å². The molecule has 0 bridgehead atoms. The van der Waals surface area contributed by atoms with Crippen LogP contribution >= 0.6 is 0 Å². The van der Waals surface area contributed by atoms with Crippen molar-refractivity contribution in [3.05, 3.63) is 48.5 Å². The van der Waals surface area contributed by atoms with Crippen LogP contribution in [0.25, 0.3) is 11.6 Å². The van der Waals surface area contributed by atoms with Crippen molar-refractivity contribution in [3.63, 3.8) is 0 Å². The van der Waals surface area contributed by atoms with E-state index in [1.165, 1.54) is 6.08 Å². The average molecular weight is 272 g/mol. The van der Waals surface area contributed by atoms with Gasteiger partial charge in [0.2, 0.25) is 11.7 Å². The van der Waals surface area contributed by atoms with Crippen LogP contribution in [-0.2, 0) is 11.2 Å². The molecule has 0 radical (unpaired) electrons. The van der Waals surface area contributed by atoms with Crippen molar-refractivity contribution in [2.75, 3.05) is 6.54 Å². The maximum Gasteiger partial charge on any atom is 0.243 e. The third-order valence-electron chi connectivity index (χ3n) is 2.49. The lowest BCUT2D eigenvalue weighted by molar-refractivity contribution is -0.116. The highest BCUT2D eigenvalue weighted by atomic mass is 16.3.